The third-order valence-corrected chi connectivity index (χ3v) is 8.17. The molecule has 4 heteroatoms. The summed E-state index contributed by atoms with van der Waals surface area (Å²) in [4.78, 5) is 18.2. The van der Waals surface area contributed by atoms with E-state index in [4.69, 9.17) is 4.84 Å². The first-order chi connectivity index (χ1) is 15.1. The van der Waals surface area contributed by atoms with Crippen LogP contribution in [0.4, 0.5) is 5.69 Å². The zero-order valence-electron chi connectivity index (χ0n) is 18.5. The van der Waals surface area contributed by atoms with E-state index in [9.17, 15) is 4.79 Å². The summed E-state index contributed by atoms with van der Waals surface area (Å²) < 4.78 is 0. The normalized spacial score (nSPS) is 31.5. The van der Waals surface area contributed by atoms with Gasteiger partial charge >= 0.3 is 0 Å². The molecule has 4 saturated carbocycles. The van der Waals surface area contributed by atoms with Gasteiger partial charge in [0, 0.05) is 17.5 Å². The second-order valence-corrected chi connectivity index (χ2v) is 9.87. The Hall–Kier alpha value is -2.62. The molecule has 4 fully saturated rings. The molecule has 4 aliphatic carbocycles. The maximum Gasteiger partial charge on any atom is 0.225 e. The lowest BCUT2D eigenvalue weighted by atomic mass is 9.43. The third kappa shape index (κ3) is 3.66. The zero-order valence-corrected chi connectivity index (χ0v) is 18.5. The number of rotatable bonds is 6. The molecule has 0 aliphatic heterocycles. The first kappa shape index (κ1) is 20.3. The molecular weight excluding hydrogens is 384 g/mol. The van der Waals surface area contributed by atoms with Crippen molar-refractivity contribution in [2.24, 2.45) is 28.8 Å². The van der Waals surface area contributed by atoms with Crippen LogP contribution < -0.4 is 5.32 Å². The van der Waals surface area contributed by atoms with Crippen LogP contribution in [-0.4, -0.2) is 18.7 Å². The molecule has 31 heavy (non-hydrogen) atoms. The van der Waals surface area contributed by atoms with Gasteiger partial charge in [-0.2, -0.15) is 0 Å². The summed E-state index contributed by atoms with van der Waals surface area (Å²) in [6.07, 6.45) is 7.17. The smallest absolute Gasteiger partial charge is 0.225 e. The average Bonchev–Trinajstić information content (AvgIpc) is 2.77. The van der Waals surface area contributed by atoms with E-state index in [1.165, 1.54) is 37.7 Å². The van der Waals surface area contributed by atoms with Crippen LogP contribution in [0.25, 0.3) is 0 Å². The number of carbonyl (C=O) groups is 1. The number of carbonyl (C=O) groups excluding carboxylic acids is 1. The molecule has 4 aliphatic rings. The van der Waals surface area contributed by atoms with Gasteiger partial charge in [0.05, 0.1) is 5.71 Å². The van der Waals surface area contributed by atoms with Crippen molar-refractivity contribution in [3.8, 4) is 0 Å². The number of amides is 1. The lowest BCUT2D eigenvalue weighted by Crippen LogP contribution is -2.56. The molecule has 0 spiro atoms. The fourth-order valence-corrected chi connectivity index (χ4v) is 7.09. The lowest BCUT2D eigenvalue weighted by molar-refractivity contribution is -0.124. The van der Waals surface area contributed by atoms with Crippen molar-refractivity contribution in [2.75, 3.05) is 12.4 Å². The fourth-order valence-electron chi connectivity index (χ4n) is 7.09. The van der Waals surface area contributed by atoms with E-state index < -0.39 is 0 Å². The highest BCUT2D eigenvalue weighted by Gasteiger charge is 2.58. The Balaban J connectivity index is 1.38. The Labute approximate surface area is 185 Å². The predicted octanol–water partition coefficient (Wildman–Crippen LogP) is 5.78. The standard InChI is InChI=1S/C27H32N2O2/c1-18(29-31-2)21-8-10-25(11-9-21)28-26(30)17-27(22-6-4-3-5-7-22)23-13-19-12-20(15-23)16-24(27)14-19/h3-11,19-20,23-24H,12-17H2,1-2H3,(H,28,30)/b29-18-. The van der Waals surface area contributed by atoms with Gasteiger partial charge in [-0.3, -0.25) is 4.79 Å². The van der Waals surface area contributed by atoms with E-state index in [-0.39, 0.29) is 11.3 Å². The number of nitrogens with one attached hydrogen (secondary N) is 1. The molecule has 0 heterocycles. The summed E-state index contributed by atoms with van der Waals surface area (Å²) in [6, 6.07) is 18.8. The molecule has 162 valence electrons. The van der Waals surface area contributed by atoms with E-state index in [0.29, 0.717) is 18.3 Å². The molecule has 1 N–H and O–H groups in total. The van der Waals surface area contributed by atoms with Crippen LogP contribution in [0.15, 0.2) is 59.8 Å². The minimum absolute atomic E-state index is 0.0135. The van der Waals surface area contributed by atoms with Gasteiger partial charge in [0.15, 0.2) is 0 Å². The van der Waals surface area contributed by atoms with Gasteiger partial charge in [0.2, 0.25) is 5.91 Å². The SMILES string of the molecule is CO/N=C(/C)c1ccc(NC(=O)CC2(c3ccccc3)C3CC4CC(C3)CC2C4)cc1. The number of nitrogens with zero attached hydrogens (tertiary/aromatic N) is 1. The van der Waals surface area contributed by atoms with Gasteiger partial charge in [0.1, 0.15) is 7.11 Å². The van der Waals surface area contributed by atoms with Crippen molar-refractivity contribution in [1.82, 2.24) is 0 Å². The van der Waals surface area contributed by atoms with E-state index in [0.717, 1.165) is 28.8 Å². The van der Waals surface area contributed by atoms with Crippen LogP contribution in [-0.2, 0) is 15.0 Å². The molecule has 0 aromatic heterocycles. The van der Waals surface area contributed by atoms with Gasteiger partial charge in [0.25, 0.3) is 0 Å². The van der Waals surface area contributed by atoms with Crippen molar-refractivity contribution in [1.29, 1.82) is 0 Å². The third-order valence-electron chi connectivity index (χ3n) is 8.17. The lowest BCUT2D eigenvalue weighted by Gasteiger charge is -2.61. The summed E-state index contributed by atoms with van der Waals surface area (Å²) in [5, 5.41) is 7.16. The van der Waals surface area contributed by atoms with Crippen molar-refractivity contribution in [3.05, 3.63) is 65.7 Å². The van der Waals surface area contributed by atoms with Crippen LogP contribution in [0.1, 0.15) is 56.6 Å². The topological polar surface area (TPSA) is 50.7 Å². The Kier molecular flexibility index (Phi) is 5.33. The molecule has 0 unspecified atom stereocenters. The molecule has 0 saturated heterocycles. The molecule has 6 rings (SSSR count). The molecule has 0 radical (unpaired) electrons. The molecule has 4 bridgehead atoms. The number of hydrogen-bond donors (Lipinski definition) is 1. The maximum absolute atomic E-state index is 13.3. The zero-order chi connectivity index (χ0) is 21.4. The van der Waals surface area contributed by atoms with Gasteiger partial charge in [-0.25, -0.2) is 0 Å². The monoisotopic (exact) mass is 416 g/mol. The Morgan fingerprint density at radius 3 is 2.16 bits per heavy atom. The predicted molar refractivity (Wildman–Crippen MR) is 124 cm³/mol. The molecule has 1 amide bonds. The quantitative estimate of drug-likeness (QED) is 0.479. The minimum atomic E-state index is -0.0135. The molecule has 2 aromatic carbocycles. The van der Waals surface area contributed by atoms with E-state index in [2.05, 4.69) is 40.8 Å². The summed E-state index contributed by atoms with van der Waals surface area (Å²) in [5.74, 6) is 3.16. The largest absolute Gasteiger partial charge is 0.399 e. The van der Waals surface area contributed by atoms with E-state index in [1.807, 2.05) is 31.2 Å². The Morgan fingerprint density at radius 2 is 1.58 bits per heavy atom. The number of oxime groups is 1. The minimum Gasteiger partial charge on any atom is -0.399 e. The van der Waals surface area contributed by atoms with Crippen LogP contribution in [0.2, 0.25) is 0 Å². The summed E-state index contributed by atoms with van der Waals surface area (Å²) in [5.41, 5.74) is 4.01. The highest BCUT2D eigenvalue weighted by Crippen LogP contribution is 2.64. The van der Waals surface area contributed by atoms with Crippen LogP contribution >= 0.6 is 0 Å². The van der Waals surface area contributed by atoms with E-state index in [1.54, 1.807) is 7.11 Å². The summed E-state index contributed by atoms with van der Waals surface area (Å²) >= 11 is 0. The first-order valence-corrected chi connectivity index (χ1v) is 11.6. The van der Waals surface area contributed by atoms with Crippen molar-refractivity contribution >= 4 is 17.3 Å². The molecule has 4 nitrogen and oxygen atoms in total. The number of hydrogen-bond acceptors (Lipinski definition) is 3. The highest BCUT2D eigenvalue weighted by molar-refractivity contribution is 5.99. The molecule has 0 atom stereocenters. The molecular formula is C27H32N2O2. The van der Waals surface area contributed by atoms with Crippen LogP contribution in [0.5, 0.6) is 0 Å². The highest BCUT2D eigenvalue weighted by atomic mass is 16.6. The summed E-state index contributed by atoms with van der Waals surface area (Å²) in [7, 11) is 1.55. The second kappa shape index (κ2) is 8.14. The van der Waals surface area contributed by atoms with Crippen LogP contribution in [0.3, 0.4) is 0 Å². The van der Waals surface area contributed by atoms with Crippen molar-refractivity contribution < 1.29 is 9.63 Å². The van der Waals surface area contributed by atoms with E-state index >= 15 is 0 Å². The summed E-state index contributed by atoms with van der Waals surface area (Å²) in [6.45, 7) is 1.91. The Morgan fingerprint density at radius 1 is 0.968 bits per heavy atom. The number of benzene rings is 2. The van der Waals surface area contributed by atoms with Gasteiger partial charge < -0.3 is 10.2 Å². The van der Waals surface area contributed by atoms with Crippen molar-refractivity contribution in [2.45, 2.75) is 50.9 Å². The van der Waals surface area contributed by atoms with Gasteiger partial charge in [-0.05, 0) is 86.0 Å². The Bertz CT molecular complexity index is 936. The first-order valence-electron chi connectivity index (χ1n) is 11.6. The molecule has 2 aromatic rings. The van der Waals surface area contributed by atoms with Gasteiger partial charge in [-0.1, -0.05) is 47.6 Å². The van der Waals surface area contributed by atoms with Gasteiger partial charge in [-0.15, -0.1) is 0 Å². The van der Waals surface area contributed by atoms with Crippen LogP contribution in [0, 0.1) is 23.7 Å². The number of anilines is 1. The van der Waals surface area contributed by atoms with Crippen molar-refractivity contribution in [3.63, 3.8) is 0 Å². The fraction of sp³-hybridized carbons (Fsp3) is 0.481. The average molecular weight is 417 g/mol. The maximum atomic E-state index is 13.3. The second-order valence-electron chi connectivity index (χ2n) is 9.87.